The summed E-state index contributed by atoms with van der Waals surface area (Å²) in [5.41, 5.74) is -0.107. The Kier molecular flexibility index (Phi) is 4.13. The van der Waals surface area contributed by atoms with Crippen molar-refractivity contribution in [2.45, 2.75) is 35.3 Å². The van der Waals surface area contributed by atoms with E-state index in [2.05, 4.69) is 78.5 Å². The van der Waals surface area contributed by atoms with E-state index in [0.29, 0.717) is 5.91 Å². The largest absolute Gasteiger partial charge is 0.340 e. The molecule has 3 aliphatic carbocycles. The van der Waals surface area contributed by atoms with Crippen LogP contribution in [0.1, 0.15) is 26.7 Å². The van der Waals surface area contributed by atoms with Crippen LogP contribution in [0.3, 0.4) is 0 Å². The maximum Gasteiger partial charge on any atom is 0.230 e. The Balaban J connectivity index is 1.88. The average molecular weight is 487 g/mol. The molecule has 1 amide bonds. The molecule has 0 N–H and O–H groups in total. The summed E-state index contributed by atoms with van der Waals surface area (Å²) < 4.78 is 0.243. The highest BCUT2D eigenvalue weighted by Gasteiger charge is 2.83. The number of piperazine rings is 1. The van der Waals surface area contributed by atoms with Gasteiger partial charge < -0.3 is 9.80 Å². The highest BCUT2D eigenvalue weighted by molar-refractivity contribution is 9.24. The van der Waals surface area contributed by atoms with Gasteiger partial charge in [-0.3, -0.25) is 4.79 Å². The summed E-state index contributed by atoms with van der Waals surface area (Å²) in [6.07, 6.45) is 2.09. The van der Waals surface area contributed by atoms with Gasteiger partial charge in [0.25, 0.3) is 0 Å². The van der Waals surface area contributed by atoms with Crippen LogP contribution in [0.15, 0.2) is 0 Å². The fourth-order valence-corrected chi connectivity index (χ4v) is 9.86. The monoisotopic (exact) mass is 484 g/mol. The minimum absolute atomic E-state index is 0.00622. The molecule has 4 fully saturated rings. The van der Waals surface area contributed by atoms with Crippen LogP contribution < -0.4 is 0 Å². The minimum Gasteiger partial charge on any atom is -0.340 e. The highest BCUT2D eigenvalue weighted by atomic mass is 79.9. The van der Waals surface area contributed by atoms with Crippen molar-refractivity contribution in [3.05, 3.63) is 0 Å². The molecule has 0 aromatic heterocycles. The van der Waals surface area contributed by atoms with Crippen LogP contribution >= 0.6 is 47.8 Å². The standard InChI is InChI=1S/C15H23Br3N2O/c1-13(2)14(11(17)18)4-5-15(13,10(14)16)12(21)20-8-6-19(3)7-9-20/h10-11H,4-9H2,1-3H3/t10-,14+,15+/m1/s1. The third kappa shape index (κ3) is 1.82. The molecule has 0 unspecified atom stereocenters. The number of hydrogen-bond donors (Lipinski definition) is 0. The summed E-state index contributed by atoms with van der Waals surface area (Å²) in [6.45, 7) is 8.26. The Hall–Kier alpha value is 0.870. The van der Waals surface area contributed by atoms with Crippen LogP contribution in [0.2, 0.25) is 0 Å². The number of carbonyl (C=O) groups is 1. The fourth-order valence-electron chi connectivity index (χ4n) is 4.96. The topological polar surface area (TPSA) is 23.6 Å². The molecule has 0 radical (unpaired) electrons. The molecule has 3 nitrogen and oxygen atoms in total. The summed E-state index contributed by atoms with van der Waals surface area (Å²) >= 11 is 11.4. The lowest BCUT2D eigenvalue weighted by molar-refractivity contribution is -0.174. The van der Waals surface area contributed by atoms with Crippen molar-refractivity contribution in [3.63, 3.8) is 0 Å². The van der Waals surface area contributed by atoms with E-state index in [9.17, 15) is 4.79 Å². The number of rotatable bonds is 2. The first-order valence-electron chi connectivity index (χ1n) is 7.62. The normalized spacial score (nSPS) is 42.2. The van der Waals surface area contributed by atoms with E-state index >= 15 is 0 Å². The second kappa shape index (κ2) is 5.18. The van der Waals surface area contributed by atoms with Gasteiger partial charge in [0.15, 0.2) is 0 Å². The van der Waals surface area contributed by atoms with Gasteiger partial charge in [-0.05, 0) is 25.3 Å². The van der Waals surface area contributed by atoms with Gasteiger partial charge in [0, 0.05) is 36.4 Å². The van der Waals surface area contributed by atoms with E-state index in [-0.39, 0.29) is 24.8 Å². The van der Waals surface area contributed by atoms with Crippen molar-refractivity contribution in [3.8, 4) is 0 Å². The number of halogens is 3. The number of hydrogen-bond acceptors (Lipinski definition) is 2. The van der Waals surface area contributed by atoms with E-state index < -0.39 is 0 Å². The summed E-state index contributed by atoms with van der Waals surface area (Å²) in [4.78, 5) is 18.0. The quantitative estimate of drug-likeness (QED) is 0.558. The summed E-state index contributed by atoms with van der Waals surface area (Å²) in [7, 11) is 2.13. The first-order valence-corrected chi connectivity index (χ1v) is 10.4. The van der Waals surface area contributed by atoms with Gasteiger partial charge in [-0.15, -0.1) is 0 Å². The van der Waals surface area contributed by atoms with Crippen LogP contribution in [-0.4, -0.2) is 57.5 Å². The molecular formula is C15H23Br3N2O. The van der Waals surface area contributed by atoms with Crippen LogP contribution in [0.25, 0.3) is 0 Å². The summed E-state index contributed by atoms with van der Waals surface area (Å²) in [5.74, 6) is 0.372. The van der Waals surface area contributed by atoms with Crippen LogP contribution in [0.4, 0.5) is 0 Å². The van der Waals surface area contributed by atoms with Crippen molar-refractivity contribution < 1.29 is 4.79 Å². The van der Waals surface area contributed by atoms with Crippen molar-refractivity contribution in [1.82, 2.24) is 9.80 Å². The van der Waals surface area contributed by atoms with Crippen molar-refractivity contribution in [2.75, 3.05) is 33.2 Å². The zero-order valence-corrected chi connectivity index (χ0v) is 17.6. The molecule has 120 valence electrons. The molecule has 0 aromatic rings. The molecule has 1 aliphatic heterocycles. The smallest absolute Gasteiger partial charge is 0.230 e. The van der Waals surface area contributed by atoms with Gasteiger partial charge in [-0.1, -0.05) is 61.6 Å². The van der Waals surface area contributed by atoms with Crippen LogP contribution in [-0.2, 0) is 4.79 Å². The van der Waals surface area contributed by atoms with Gasteiger partial charge in [0.05, 0.1) is 9.15 Å². The van der Waals surface area contributed by atoms with Crippen LogP contribution in [0, 0.1) is 16.2 Å². The van der Waals surface area contributed by atoms with E-state index in [0.717, 1.165) is 39.0 Å². The molecule has 4 aliphatic rings. The molecule has 3 atom stereocenters. The first-order chi connectivity index (χ1) is 9.71. The van der Waals surface area contributed by atoms with Crippen molar-refractivity contribution in [1.29, 1.82) is 0 Å². The molecule has 4 rings (SSSR count). The zero-order chi connectivity index (χ0) is 15.6. The number of amides is 1. The fraction of sp³-hybridized carbons (Fsp3) is 0.933. The number of nitrogens with zero attached hydrogens (tertiary/aromatic N) is 2. The van der Waals surface area contributed by atoms with Crippen LogP contribution in [0.5, 0.6) is 0 Å². The average Bonchev–Trinajstić information content (AvgIpc) is 2.88. The predicted molar refractivity (Wildman–Crippen MR) is 96.3 cm³/mol. The van der Waals surface area contributed by atoms with Gasteiger partial charge in [0.2, 0.25) is 5.91 Å². The lowest BCUT2D eigenvalue weighted by Gasteiger charge is -2.66. The number of alkyl halides is 3. The maximum absolute atomic E-state index is 13.3. The molecule has 1 heterocycles. The summed E-state index contributed by atoms with van der Waals surface area (Å²) in [5, 5.41) is 0. The van der Waals surface area contributed by atoms with Crippen molar-refractivity contribution >= 4 is 53.7 Å². The van der Waals surface area contributed by atoms with Gasteiger partial charge >= 0.3 is 0 Å². The van der Waals surface area contributed by atoms with E-state index in [4.69, 9.17) is 0 Å². The number of carbonyl (C=O) groups excluding carboxylic acids is 1. The van der Waals surface area contributed by atoms with E-state index in [1.165, 1.54) is 0 Å². The molecular weight excluding hydrogens is 464 g/mol. The molecule has 21 heavy (non-hydrogen) atoms. The third-order valence-corrected chi connectivity index (χ3v) is 9.89. The highest BCUT2D eigenvalue weighted by Crippen LogP contribution is 2.82. The maximum atomic E-state index is 13.3. The molecule has 0 spiro atoms. The predicted octanol–water partition coefficient (Wildman–Crippen LogP) is 3.45. The van der Waals surface area contributed by atoms with Crippen molar-refractivity contribution in [2.24, 2.45) is 16.2 Å². The Bertz CT molecular complexity index is 462. The van der Waals surface area contributed by atoms with Gasteiger partial charge in [-0.25, -0.2) is 0 Å². The van der Waals surface area contributed by atoms with E-state index in [1.807, 2.05) is 0 Å². The van der Waals surface area contributed by atoms with Gasteiger partial charge in [-0.2, -0.15) is 0 Å². The lowest BCUT2D eigenvalue weighted by atomic mass is 9.43. The Morgan fingerprint density at radius 3 is 2.14 bits per heavy atom. The van der Waals surface area contributed by atoms with Gasteiger partial charge in [0.1, 0.15) is 0 Å². The summed E-state index contributed by atoms with van der Waals surface area (Å²) in [6, 6.07) is 0. The molecule has 0 aromatic carbocycles. The first kappa shape index (κ1) is 16.7. The second-order valence-electron chi connectivity index (χ2n) is 7.40. The minimum atomic E-state index is -0.233. The third-order valence-electron chi connectivity index (χ3n) is 6.66. The Labute approximate surface area is 152 Å². The number of likely N-dealkylation sites (N-methyl/N-ethyl adjacent to an activating group) is 1. The zero-order valence-electron chi connectivity index (χ0n) is 12.8. The second-order valence-corrected chi connectivity index (χ2v) is 11.4. The number of fused-ring (bicyclic) bond motifs is 1. The molecule has 6 heteroatoms. The molecule has 2 bridgehead atoms. The SMILES string of the molecule is CN1CCN(C(=O)[C@]23CC[C@@](C(Br)Br)([C@H]2Br)C3(C)C)CC1. The molecule has 1 saturated heterocycles. The molecule has 3 saturated carbocycles. The Morgan fingerprint density at radius 1 is 1.14 bits per heavy atom. The Morgan fingerprint density at radius 2 is 1.71 bits per heavy atom. The lowest BCUT2D eigenvalue weighted by Crippen LogP contribution is -2.72. The van der Waals surface area contributed by atoms with E-state index in [1.54, 1.807) is 0 Å².